The number of benzene rings is 1. The van der Waals surface area contributed by atoms with Crippen LogP contribution in [0.4, 0.5) is 11.5 Å². The first-order valence-electron chi connectivity index (χ1n) is 9.98. The van der Waals surface area contributed by atoms with Gasteiger partial charge in [0.2, 0.25) is 6.79 Å². The largest absolute Gasteiger partial charge is 0.454 e. The molecule has 2 saturated heterocycles. The molecule has 28 heavy (non-hydrogen) atoms. The molecule has 0 aliphatic carbocycles. The highest BCUT2D eigenvalue weighted by Crippen LogP contribution is 2.34. The predicted octanol–water partition coefficient (Wildman–Crippen LogP) is 2.15. The molecule has 0 saturated carbocycles. The third-order valence-electron chi connectivity index (χ3n) is 5.79. The van der Waals surface area contributed by atoms with Crippen molar-refractivity contribution in [1.82, 2.24) is 4.98 Å². The van der Waals surface area contributed by atoms with Gasteiger partial charge in [0.05, 0.1) is 13.2 Å². The Hall–Kier alpha value is -2.67. The number of nitrogens with zero attached hydrogens (tertiary/aromatic N) is 2. The van der Waals surface area contributed by atoms with Gasteiger partial charge in [0, 0.05) is 43.5 Å². The van der Waals surface area contributed by atoms with Crippen molar-refractivity contribution in [2.24, 2.45) is 0 Å². The number of morpholine rings is 1. The van der Waals surface area contributed by atoms with Gasteiger partial charge in [0.1, 0.15) is 5.82 Å². The van der Waals surface area contributed by atoms with Crippen LogP contribution in [0, 0.1) is 0 Å². The molecule has 1 aromatic carbocycles. The van der Waals surface area contributed by atoms with Crippen molar-refractivity contribution in [3.8, 4) is 11.5 Å². The number of hydrogen-bond acceptors (Lipinski definition) is 6. The molecule has 3 aliphatic heterocycles. The Morgan fingerprint density at radius 3 is 2.79 bits per heavy atom. The minimum Gasteiger partial charge on any atom is -0.454 e. The molecule has 0 spiro atoms. The first kappa shape index (κ1) is 17.4. The van der Waals surface area contributed by atoms with Gasteiger partial charge in [-0.15, -0.1) is 0 Å². The molecule has 1 aromatic heterocycles. The molecule has 3 aliphatic rings. The van der Waals surface area contributed by atoms with Crippen molar-refractivity contribution in [3.63, 3.8) is 0 Å². The van der Waals surface area contributed by atoms with Crippen LogP contribution in [0.5, 0.6) is 11.5 Å². The fraction of sp³-hybridized carbons (Fsp3) is 0.476. The zero-order chi connectivity index (χ0) is 18.9. The van der Waals surface area contributed by atoms with Crippen LogP contribution >= 0.6 is 0 Å². The second-order valence-electron chi connectivity index (χ2n) is 7.57. The lowest BCUT2D eigenvalue weighted by Gasteiger charge is -2.31. The Morgan fingerprint density at radius 2 is 1.89 bits per heavy atom. The highest BCUT2D eigenvalue weighted by molar-refractivity contribution is 5.56. The monoisotopic (exact) mass is 383 g/mol. The summed E-state index contributed by atoms with van der Waals surface area (Å²) in [7, 11) is 0. The van der Waals surface area contributed by atoms with Gasteiger partial charge >= 0.3 is 0 Å². The molecule has 0 radical (unpaired) electrons. The maximum atomic E-state index is 12.3. The molecule has 7 nitrogen and oxygen atoms in total. The van der Waals surface area contributed by atoms with Crippen LogP contribution in [-0.4, -0.2) is 50.7 Å². The summed E-state index contributed by atoms with van der Waals surface area (Å²) >= 11 is 0. The first-order chi connectivity index (χ1) is 13.8. The van der Waals surface area contributed by atoms with E-state index in [2.05, 4.69) is 33.0 Å². The quantitative estimate of drug-likeness (QED) is 0.873. The van der Waals surface area contributed by atoms with Gasteiger partial charge in [-0.3, -0.25) is 4.79 Å². The van der Waals surface area contributed by atoms with E-state index in [-0.39, 0.29) is 5.56 Å². The molecule has 0 amide bonds. The number of nitrogens with one attached hydrogen (secondary N) is 1. The van der Waals surface area contributed by atoms with E-state index >= 15 is 0 Å². The van der Waals surface area contributed by atoms with Gasteiger partial charge in [-0.05, 0) is 37.0 Å². The Labute approximate surface area is 163 Å². The Morgan fingerprint density at radius 1 is 1.04 bits per heavy atom. The van der Waals surface area contributed by atoms with Crippen molar-refractivity contribution in [2.75, 3.05) is 49.4 Å². The summed E-state index contributed by atoms with van der Waals surface area (Å²) in [5, 5.41) is 0. The van der Waals surface area contributed by atoms with Crippen molar-refractivity contribution in [1.29, 1.82) is 0 Å². The van der Waals surface area contributed by atoms with E-state index in [9.17, 15) is 4.79 Å². The minimum atomic E-state index is -0.0484. The third-order valence-corrected chi connectivity index (χ3v) is 5.79. The number of aromatic nitrogens is 1. The molecule has 148 valence electrons. The molecule has 1 N–H and O–H groups in total. The lowest BCUT2D eigenvalue weighted by molar-refractivity contribution is 0.122. The number of fused-ring (bicyclic) bond motifs is 1. The van der Waals surface area contributed by atoms with Crippen LogP contribution in [0.1, 0.15) is 18.4 Å². The summed E-state index contributed by atoms with van der Waals surface area (Å²) in [4.78, 5) is 20.0. The third kappa shape index (κ3) is 3.42. The second kappa shape index (κ2) is 7.39. The summed E-state index contributed by atoms with van der Waals surface area (Å²) in [6.07, 6.45) is 3.15. The maximum absolute atomic E-state index is 12.3. The fourth-order valence-corrected chi connectivity index (χ4v) is 4.38. The minimum absolute atomic E-state index is 0.0484. The SMILES string of the molecule is O=c1cc(N2CCOCC2)cc(N2CCCC2Cc2ccc3c(c2)OCO3)[nH]1. The molecule has 7 heteroatoms. The molecule has 1 unspecified atom stereocenters. The van der Waals surface area contributed by atoms with Gasteiger partial charge < -0.3 is 29.0 Å². The number of hydrogen-bond donors (Lipinski definition) is 1. The van der Waals surface area contributed by atoms with Crippen LogP contribution < -0.4 is 24.8 Å². The van der Waals surface area contributed by atoms with Gasteiger partial charge in [-0.2, -0.15) is 0 Å². The molecular formula is C21H25N3O4. The predicted molar refractivity (Wildman–Crippen MR) is 107 cm³/mol. The second-order valence-corrected chi connectivity index (χ2v) is 7.57. The number of aromatic amines is 1. The van der Waals surface area contributed by atoms with Crippen LogP contribution in [0.3, 0.4) is 0 Å². The number of ether oxygens (including phenoxy) is 3. The van der Waals surface area contributed by atoms with E-state index < -0.39 is 0 Å². The Bertz CT molecular complexity index is 907. The average molecular weight is 383 g/mol. The van der Waals surface area contributed by atoms with Crippen molar-refractivity contribution >= 4 is 11.5 Å². The topological polar surface area (TPSA) is 67.0 Å². The van der Waals surface area contributed by atoms with E-state index in [1.165, 1.54) is 5.56 Å². The summed E-state index contributed by atoms with van der Waals surface area (Å²) in [6.45, 7) is 4.31. The average Bonchev–Trinajstić information content (AvgIpc) is 3.37. The zero-order valence-corrected chi connectivity index (χ0v) is 15.9. The van der Waals surface area contributed by atoms with Crippen LogP contribution in [0.25, 0.3) is 0 Å². The van der Waals surface area contributed by atoms with Gasteiger partial charge in [0.25, 0.3) is 5.56 Å². The molecule has 4 heterocycles. The van der Waals surface area contributed by atoms with E-state index in [0.29, 0.717) is 26.0 Å². The van der Waals surface area contributed by atoms with Gasteiger partial charge in [-0.1, -0.05) is 6.07 Å². The van der Waals surface area contributed by atoms with Crippen molar-refractivity contribution in [3.05, 3.63) is 46.2 Å². The van der Waals surface area contributed by atoms with Crippen LogP contribution in [-0.2, 0) is 11.2 Å². The molecule has 5 rings (SSSR count). The van der Waals surface area contributed by atoms with Crippen molar-refractivity contribution in [2.45, 2.75) is 25.3 Å². The van der Waals surface area contributed by atoms with Crippen LogP contribution in [0.15, 0.2) is 35.1 Å². The normalized spacial score (nSPS) is 21.4. The summed E-state index contributed by atoms with van der Waals surface area (Å²) in [5.74, 6) is 2.55. The van der Waals surface area contributed by atoms with Gasteiger partial charge in [0.15, 0.2) is 11.5 Å². The highest BCUT2D eigenvalue weighted by atomic mass is 16.7. The molecule has 1 atom stereocenters. The summed E-state index contributed by atoms with van der Waals surface area (Å²) in [5.41, 5.74) is 2.16. The van der Waals surface area contributed by atoms with Crippen LogP contribution in [0.2, 0.25) is 0 Å². The molecule has 0 bridgehead atoms. The highest BCUT2D eigenvalue weighted by Gasteiger charge is 2.27. The standard InChI is InChI=1S/C21H25N3O4/c25-21-13-17(23-6-8-26-9-7-23)12-20(22-21)24-5-1-2-16(24)10-15-3-4-18-19(11-15)28-14-27-18/h3-4,11-13,16H,1-2,5-10,14H2,(H,22,25). The van der Waals surface area contributed by atoms with E-state index in [0.717, 1.165) is 61.9 Å². The Balaban J connectivity index is 1.37. The number of anilines is 2. The van der Waals surface area contributed by atoms with E-state index in [1.54, 1.807) is 6.07 Å². The maximum Gasteiger partial charge on any atom is 0.251 e. The Kier molecular flexibility index (Phi) is 4.60. The summed E-state index contributed by atoms with van der Waals surface area (Å²) < 4.78 is 16.4. The van der Waals surface area contributed by atoms with Crippen molar-refractivity contribution < 1.29 is 14.2 Å². The lowest BCUT2D eigenvalue weighted by Crippen LogP contribution is -2.37. The van der Waals surface area contributed by atoms with E-state index in [4.69, 9.17) is 14.2 Å². The molecule has 2 fully saturated rings. The number of H-pyrrole nitrogens is 1. The van der Waals surface area contributed by atoms with E-state index in [1.807, 2.05) is 6.07 Å². The fourth-order valence-electron chi connectivity index (χ4n) is 4.38. The number of pyridine rings is 1. The molecular weight excluding hydrogens is 358 g/mol. The lowest BCUT2D eigenvalue weighted by atomic mass is 10.0. The smallest absolute Gasteiger partial charge is 0.251 e. The summed E-state index contributed by atoms with van der Waals surface area (Å²) in [6, 6.07) is 10.3. The van der Waals surface area contributed by atoms with Gasteiger partial charge in [-0.25, -0.2) is 0 Å². The zero-order valence-electron chi connectivity index (χ0n) is 15.9. The molecule has 2 aromatic rings. The first-order valence-corrected chi connectivity index (χ1v) is 9.98. The number of rotatable bonds is 4.